The second-order valence-corrected chi connectivity index (χ2v) is 6.89. The van der Waals surface area contributed by atoms with Gasteiger partial charge in [-0.1, -0.05) is 18.2 Å². The number of carbonyl (C=O) groups is 1. The summed E-state index contributed by atoms with van der Waals surface area (Å²) in [6, 6.07) is 8.93. The van der Waals surface area contributed by atoms with Crippen molar-refractivity contribution in [1.29, 1.82) is 0 Å². The Morgan fingerprint density at radius 3 is 2.96 bits per heavy atom. The summed E-state index contributed by atoms with van der Waals surface area (Å²) in [7, 11) is 0. The zero-order valence-corrected chi connectivity index (χ0v) is 14.7. The molecule has 2 aromatic heterocycles. The Morgan fingerprint density at radius 2 is 2.15 bits per heavy atom. The van der Waals surface area contributed by atoms with E-state index in [9.17, 15) is 9.18 Å². The quantitative estimate of drug-likeness (QED) is 0.676. The van der Waals surface area contributed by atoms with E-state index in [1.54, 1.807) is 16.8 Å². The van der Waals surface area contributed by atoms with Crippen LogP contribution in [0, 0.1) is 12.7 Å². The summed E-state index contributed by atoms with van der Waals surface area (Å²) < 4.78 is 15.8. The molecule has 3 heterocycles. The van der Waals surface area contributed by atoms with Gasteiger partial charge in [0.1, 0.15) is 5.82 Å². The molecule has 0 N–H and O–H groups in total. The summed E-state index contributed by atoms with van der Waals surface area (Å²) in [4.78, 5) is 18.0. The summed E-state index contributed by atoms with van der Waals surface area (Å²) in [5.74, 6) is 0.124. The van der Waals surface area contributed by atoms with Crippen LogP contribution in [0.4, 0.5) is 4.39 Å². The minimum absolute atomic E-state index is 0.153. The highest BCUT2D eigenvalue weighted by molar-refractivity contribution is 5.85. The molecule has 1 unspecified atom stereocenters. The molecule has 3 aromatic rings. The first-order valence-corrected chi connectivity index (χ1v) is 8.92. The van der Waals surface area contributed by atoms with E-state index in [0.29, 0.717) is 23.4 Å². The van der Waals surface area contributed by atoms with Crippen LogP contribution in [0.5, 0.6) is 0 Å². The first-order valence-electron chi connectivity index (χ1n) is 8.92. The fourth-order valence-corrected chi connectivity index (χ4v) is 3.84. The van der Waals surface area contributed by atoms with E-state index in [1.807, 2.05) is 25.1 Å². The van der Waals surface area contributed by atoms with Gasteiger partial charge in [0.15, 0.2) is 11.9 Å². The summed E-state index contributed by atoms with van der Waals surface area (Å²) in [6.07, 6.45) is 4.65. The number of benzene rings is 1. The third-order valence-electron chi connectivity index (χ3n) is 5.16. The maximum Gasteiger partial charge on any atom is 0.166 e. The average molecular weight is 352 g/mol. The average Bonchev–Trinajstić information content (AvgIpc) is 2.99. The molecule has 0 aliphatic carbocycles. The van der Waals surface area contributed by atoms with E-state index in [0.717, 1.165) is 43.5 Å². The standard InChI is InChI=1S/C20H21FN4O/c1-14-17(13-26)20-22-9-8-19(25(20)23-14)16-6-4-10-24(12-16)11-15-5-2-3-7-18(15)21/h2-3,5,7-9,13,16H,4,6,10-12H2,1H3. The summed E-state index contributed by atoms with van der Waals surface area (Å²) >= 11 is 0. The first-order chi connectivity index (χ1) is 12.7. The van der Waals surface area contributed by atoms with Gasteiger partial charge in [-0.2, -0.15) is 5.10 Å². The number of halogens is 1. The van der Waals surface area contributed by atoms with Gasteiger partial charge in [-0.15, -0.1) is 0 Å². The van der Waals surface area contributed by atoms with Gasteiger partial charge >= 0.3 is 0 Å². The topological polar surface area (TPSA) is 50.5 Å². The number of hydrogen-bond acceptors (Lipinski definition) is 4. The van der Waals surface area contributed by atoms with Gasteiger partial charge in [-0.3, -0.25) is 9.69 Å². The monoisotopic (exact) mass is 352 g/mol. The number of nitrogens with zero attached hydrogens (tertiary/aromatic N) is 4. The van der Waals surface area contributed by atoms with E-state index in [4.69, 9.17) is 0 Å². The van der Waals surface area contributed by atoms with Gasteiger partial charge < -0.3 is 0 Å². The van der Waals surface area contributed by atoms with Crippen LogP contribution in [0.1, 0.15) is 46.1 Å². The van der Waals surface area contributed by atoms with Gasteiger partial charge in [0.2, 0.25) is 0 Å². The second kappa shape index (κ2) is 6.96. The van der Waals surface area contributed by atoms with Crippen LogP contribution >= 0.6 is 0 Å². The second-order valence-electron chi connectivity index (χ2n) is 6.89. The Kier molecular flexibility index (Phi) is 4.51. The molecule has 1 aliphatic heterocycles. The molecule has 1 atom stereocenters. The van der Waals surface area contributed by atoms with E-state index < -0.39 is 0 Å². The molecular weight excluding hydrogens is 331 g/mol. The SMILES string of the molecule is Cc1nn2c(C3CCCN(Cc4ccccc4F)C3)ccnc2c1C=O. The number of fused-ring (bicyclic) bond motifs is 1. The summed E-state index contributed by atoms with van der Waals surface area (Å²) in [5.41, 5.74) is 3.64. The van der Waals surface area contributed by atoms with Gasteiger partial charge in [0.25, 0.3) is 0 Å². The maximum absolute atomic E-state index is 14.0. The lowest BCUT2D eigenvalue weighted by molar-refractivity contribution is 0.112. The molecular formula is C20H21FN4O. The van der Waals surface area contributed by atoms with E-state index in [2.05, 4.69) is 15.0 Å². The van der Waals surface area contributed by atoms with E-state index in [1.165, 1.54) is 6.07 Å². The number of carbonyl (C=O) groups excluding carboxylic acids is 1. The molecule has 0 bridgehead atoms. The highest BCUT2D eigenvalue weighted by Gasteiger charge is 2.25. The first kappa shape index (κ1) is 16.8. The normalized spacial score (nSPS) is 18.3. The molecule has 134 valence electrons. The van der Waals surface area contributed by atoms with Crippen molar-refractivity contribution < 1.29 is 9.18 Å². The predicted octanol–water partition coefficient (Wildman–Crippen LogP) is 3.37. The lowest BCUT2D eigenvalue weighted by atomic mass is 9.94. The minimum Gasteiger partial charge on any atom is -0.298 e. The smallest absolute Gasteiger partial charge is 0.166 e. The molecule has 5 nitrogen and oxygen atoms in total. The number of likely N-dealkylation sites (tertiary alicyclic amines) is 1. The fraction of sp³-hybridized carbons (Fsp3) is 0.350. The molecule has 6 heteroatoms. The molecule has 0 radical (unpaired) electrons. The van der Waals surface area contributed by atoms with Crippen LogP contribution < -0.4 is 0 Å². The van der Waals surface area contributed by atoms with Crippen LogP contribution in [-0.2, 0) is 6.54 Å². The number of aryl methyl sites for hydroxylation is 1. The minimum atomic E-state index is -0.153. The third kappa shape index (κ3) is 3.01. The number of aromatic nitrogens is 3. The van der Waals surface area contributed by atoms with Crippen molar-refractivity contribution in [3.63, 3.8) is 0 Å². The van der Waals surface area contributed by atoms with E-state index >= 15 is 0 Å². The Balaban J connectivity index is 1.61. The molecule has 0 spiro atoms. The van der Waals surface area contributed by atoms with Crippen molar-refractivity contribution in [2.24, 2.45) is 0 Å². The van der Waals surface area contributed by atoms with Crippen molar-refractivity contribution in [2.75, 3.05) is 13.1 Å². The lowest BCUT2D eigenvalue weighted by Gasteiger charge is -2.33. The molecule has 4 rings (SSSR count). The lowest BCUT2D eigenvalue weighted by Crippen LogP contribution is -2.34. The van der Waals surface area contributed by atoms with Crippen LogP contribution in [0.3, 0.4) is 0 Å². The Bertz CT molecular complexity index is 952. The van der Waals surface area contributed by atoms with Crippen LogP contribution in [0.2, 0.25) is 0 Å². The number of piperidine rings is 1. The maximum atomic E-state index is 14.0. The van der Waals surface area contributed by atoms with Crippen molar-refractivity contribution in [3.05, 3.63) is 64.9 Å². The predicted molar refractivity (Wildman–Crippen MR) is 96.8 cm³/mol. The molecule has 1 aliphatic rings. The fourth-order valence-electron chi connectivity index (χ4n) is 3.84. The zero-order valence-electron chi connectivity index (χ0n) is 14.7. The molecule has 26 heavy (non-hydrogen) atoms. The van der Waals surface area contributed by atoms with Gasteiger partial charge in [0.05, 0.1) is 17.0 Å². The zero-order chi connectivity index (χ0) is 18.1. The summed E-state index contributed by atoms with van der Waals surface area (Å²) in [6.45, 7) is 4.22. The Morgan fingerprint density at radius 1 is 1.31 bits per heavy atom. The Labute approximate surface area is 151 Å². The van der Waals surface area contributed by atoms with Crippen LogP contribution in [0.25, 0.3) is 5.65 Å². The largest absolute Gasteiger partial charge is 0.298 e. The molecule has 1 aromatic carbocycles. The van der Waals surface area contributed by atoms with Crippen molar-refractivity contribution in [2.45, 2.75) is 32.2 Å². The number of aldehydes is 1. The van der Waals surface area contributed by atoms with Gasteiger partial charge in [0, 0.05) is 30.8 Å². The number of rotatable bonds is 4. The highest BCUT2D eigenvalue weighted by Crippen LogP contribution is 2.28. The van der Waals surface area contributed by atoms with Crippen LogP contribution in [0.15, 0.2) is 36.5 Å². The molecule has 1 fully saturated rings. The molecule has 0 saturated carbocycles. The van der Waals surface area contributed by atoms with Crippen LogP contribution in [-0.4, -0.2) is 38.9 Å². The van der Waals surface area contributed by atoms with Crippen molar-refractivity contribution in [3.8, 4) is 0 Å². The Hall–Kier alpha value is -2.60. The van der Waals surface area contributed by atoms with Crippen molar-refractivity contribution in [1.82, 2.24) is 19.5 Å². The molecule has 0 amide bonds. The number of hydrogen-bond donors (Lipinski definition) is 0. The summed E-state index contributed by atoms with van der Waals surface area (Å²) in [5, 5.41) is 4.53. The van der Waals surface area contributed by atoms with Gasteiger partial charge in [-0.05, 0) is 38.4 Å². The van der Waals surface area contributed by atoms with Gasteiger partial charge in [-0.25, -0.2) is 13.9 Å². The van der Waals surface area contributed by atoms with Crippen molar-refractivity contribution >= 4 is 11.9 Å². The third-order valence-corrected chi connectivity index (χ3v) is 5.16. The highest BCUT2D eigenvalue weighted by atomic mass is 19.1. The van der Waals surface area contributed by atoms with E-state index in [-0.39, 0.29) is 11.7 Å². The molecule has 1 saturated heterocycles.